The maximum Gasteiger partial charge on any atom is 0.252 e. The molecule has 12 heteroatoms. The largest absolute Gasteiger partial charge is 0.351 e. The Morgan fingerprint density at radius 3 is 2.43 bits per heavy atom. The van der Waals surface area contributed by atoms with Crippen molar-refractivity contribution in [2.45, 2.75) is 56.2 Å². The highest BCUT2D eigenvalue weighted by Crippen LogP contribution is 2.39. The van der Waals surface area contributed by atoms with Gasteiger partial charge in [0.25, 0.3) is 5.92 Å². The summed E-state index contributed by atoms with van der Waals surface area (Å²) < 4.78 is 55.9. The summed E-state index contributed by atoms with van der Waals surface area (Å²) in [6, 6.07) is 12.2. The minimum absolute atomic E-state index is 0.0868. The van der Waals surface area contributed by atoms with E-state index in [0.717, 1.165) is 17.0 Å². The third-order valence-electron chi connectivity index (χ3n) is 7.31. The lowest BCUT2D eigenvalue weighted by molar-refractivity contribution is -0.133. The fraction of sp³-hybridized carbons (Fsp3) is 0.300. The zero-order chi connectivity index (χ0) is 30.0. The summed E-state index contributed by atoms with van der Waals surface area (Å²) in [4.78, 5) is 47.0. The Bertz CT molecular complexity index is 1530. The minimum Gasteiger partial charge on any atom is -0.351 e. The molecular weight excluding hydrogens is 554 g/mol. The van der Waals surface area contributed by atoms with Crippen molar-refractivity contribution in [2.75, 3.05) is 9.80 Å². The van der Waals surface area contributed by atoms with E-state index < -0.39 is 60.3 Å². The van der Waals surface area contributed by atoms with Crippen LogP contribution in [0.15, 0.2) is 66.9 Å². The standard InChI is InChI=1S/C30H25F4N5O3/c31-20-11-21(32)13-24(12-20)39(28(19-4-2-1-3-5-19)29(42)37-22-15-30(33,34)16-22)27(41)14-23-6-7-26(40)38(23)25-10-18(17-35)8-9-36-25/h1-5,8-13,22-23,28H,6-7,14-16H2,(H,37,42). The average Bonchev–Trinajstić information content (AvgIpc) is 3.29. The molecule has 5 rings (SSSR count). The van der Waals surface area contributed by atoms with E-state index >= 15 is 0 Å². The van der Waals surface area contributed by atoms with Crippen molar-refractivity contribution in [3.8, 4) is 6.07 Å². The van der Waals surface area contributed by atoms with Gasteiger partial charge in [-0.2, -0.15) is 5.26 Å². The van der Waals surface area contributed by atoms with Crippen molar-refractivity contribution in [3.63, 3.8) is 0 Å². The lowest BCUT2D eigenvalue weighted by atomic mass is 9.87. The number of alkyl halides is 2. The van der Waals surface area contributed by atoms with Crippen molar-refractivity contribution in [1.82, 2.24) is 10.3 Å². The quantitative estimate of drug-likeness (QED) is 0.386. The van der Waals surface area contributed by atoms with E-state index in [1.807, 2.05) is 6.07 Å². The highest BCUT2D eigenvalue weighted by atomic mass is 19.3. The van der Waals surface area contributed by atoms with Gasteiger partial charge in [-0.15, -0.1) is 0 Å². The number of aromatic nitrogens is 1. The van der Waals surface area contributed by atoms with Crippen LogP contribution in [0.5, 0.6) is 0 Å². The molecule has 0 spiro atoms. The van der Waals surface area contributed by atoms with Gasteiger partial charge in [-0.05, 0) is 36.2 Å². The van der Waals surface area contributed by atoms with Gasteiger partial charge in [0.15, 0.2) is 0 Å². The molecule has 2 unspecified atom stereocenters. The summed E-state index contributed by atoms with van der Waals surface area (Å²) in [6.45, 7) is 0. The van der Waals surface area contributed by atoms with Crippen LogP contribution in [0, 0.1) is 23.0 Å². The van der Waals surface area contributed by atoms with Crippen LogP contribution in [0.25, 0.3) is 0 Å². The van der Waals surface area contributed by atoms with E-state index in [1.165, 1.54) is 35.4 Å². The maximum absolute atomic E-state index is 14.4. The van der Waals surface area contributed by atoms with E-state index in [4.69, 9.17) is 0 Å². The second-order valence-corrected chi connectivity index (χ2v) is 10.3. The number of hydrogen-bond acceptors (Lipinski definition) is 5. The smallest absolute Gasteiger partial charge is 0.252 e. The van der Waals surface area contributed by atoms with Crippen molar-refractivity contribution < 1.29 is 31.9 Å². The molecule has 1 aromatic heterocycles. The maximum atomic E-state index is 14.4. The highest BCUT2D eigenvalue weighted by molar-refractivity contribution is 6.03. The van der Waals surface area contributed by atoms with Gasteiger partial charge >= 0.3 is 0 Å². The Hall–Kier alpha value is -4.79. The van der Waals surface area contributed by atoms with Gasteiger partial charge < -0.3 is 5.32 Å². The molecule has 8 nitrogen and oxygen atoms in total. The Morgan fingerprint density at radius 2 is 1.79 bits per heavy atom. The summed E-state index contributed by atoms with van der Waals surface area (Å²) in [5, 5.41) is 11.8. The van der Waals surface area contributed by atoms with Crippen LogP contribution in [0.3, 0.4) is 0 Å². The molecule has 1 N–H and O–H groups in total. The number of nitriles is 1. The Kier molecular flexibility index (Phi) is 7.93. The van der Waals surface area contributed by atoms with Crippen LogP contribution in [0.2, 0.25) is 0 Å². The summed E-state index contributed by atoms with van der Waals surface area (Å²) in [5.74, 6) is -6.63. The van der Waals surface area contributed by atoms with Crippen LogP contribution in [-0.4, -0.2) is 40.7 Å². The molecule has 42 heavy (non-hydrogen) atoms. The number of anilines is 2. The van der Waals surface area contributed by atoms with Crippen LogP contribution in [0.1, 0.15) is 49.3 Å². The predicted octanol–water partition coefficient (Wildman–Crippen LogP) is 4.81. The van der Waals surface area contributed by atoms with E-state index in [-0.39, 0.29) is 47.8 Å². The molecule has 1 saturated carbocycles. The van der Waals surface area contributed by atoms with Gasteiger partial charge in [0.1, 0.15) is 23.5 Å². The van der Waals surface area contributed by atoms with E-state index in [9.17, 15) is 37.2 Å². The van der Waals surface area contributed by atoms with Crippen molar-refractivity contribution >= 4 is 29.2 Å². The second kappa shape index (κ2) is 11.6. The summed E-state index contributed by atoms with van der Waals surface area (Å²) in [6.07, 6.45) is 0.186. The van der Waals surface area contributed by atoms with Gasteiger partial charge in [-0.1, -0.05) is 30.3 Å². The molecule has 2 atom stereocenters. The molecule has 2 aromatic carbocycles. The number of carbonyl (C=O) groups is 3. The predicted molar refractivity (Wildman–Crippen MR) is 143 cm³/mol. The molecule has 2 aliphatic rings. The number of amides is 3. The SMILES string of the molecule is N#Cc1ccnc(N2C(=O)CCC2CC(=O)N(c2cc(F)cc(F)c2)C(C(=O)NC2CC(F)(F)C2)c2ccccc2)c1. The first kappa shape index (κ1) is 28.7. The molecular formula is C30H25F4N5O3. The average molecular weight is 580 g/mol. The lowest BCUT2D eigenvalue weighted by Gasteiger charge is -2.38. The number of halogens is 4. The number of hydrogen-bond donors (Lipinski definition) is 1. The van der Waals surface area contributed by atoms with Crippen LogP contribution >= 0.6 is 0 Å². The highest BCUT2D eigenvalue weighted by Gasteiger charge is 2.47. The molecule has 3 aromatic rings. The number of carbonyl (C=O) groups excluding carboxylic acids is 3. The van der Waals surface area contributed by atoms with Crippen LogP contribution in [0.4, 0.5) is 29.1 Å². The van der Waals surface area contributed by atoms with E-state index in [1.54, 1.807) is 18.2 Å². The van der Waals surface area contributed by atoms with Gasteiger partial charge in [-0.25, -0.2) is 22.5 Å². The van der Waals surface area contributed by atoms with Crippen molar-refractivity contribution in [3.05, 3.63) is 89.6 Å². The number of nitrogens with one attached hydrogen (secondary N) is 1. The fourth-order valence-corrected chi connectivity index (χ4v) is 5.38. The van der Waals surface area contributed by atoms with Gasteiger partial charge in [0.05, 0.1) is 17.3 Å². The summed E-state index contributed by atoms with van der Waals surface area (Å²) in [7, 11) is 0. The van der Waals surface area contributed by atoms with Gasteiger partial charge in [0.2, 0.25) is 17.7 Å². The number of pyridine rings is 1. The third kappa shape index (κ3) is 6.10. The first-order valence-electron chi connectivity index (χ1n) is 13.2. The molecule has 2 heterocycles. The Balaban J connectivity index is 1.52. The number of rotatable bonds is 8. The molecule has 0 bridgehead atoms. The number of benzene rings is 2. The van der Waals surface area contributed by atoms with Crippen molar-refractivity contribution in [1.29, 1.82) is 5.26 Å². The number of nitrogens with zero attached hydrogens (tertiary/aromatic N) is 4. The molecule has 1 aliphatic heterocycles. The first-order chi connectivity index (χ1) is 20.0. The summed E-state index contributed by atoms with van der Waals surface area (Å²) in [5.41, 5.74) is 0.270. The van der Waals surface area contributed by atoms with Gasteiger partial charge in [-0.3, -0.25) is 24.2 Å². The molecule has 1 saturated heterocycles. The normalized spacial score (nSPS) is 18.6. The van der Waals surface area contributed by atoms with Gasteiger partial charge in [0, 0.05) is 50.0 Å². The van der Waals surface area contributed by atoms with Crippen molar-refractivity contribution in [2.24, 2.45) is 0 Å². The second-order valence-electron chi connectivity index (χ2n) is 10.3. The molecule has 3 amide bonds. The molecule has 2 fully saturated rings. The Morgan fingerprint density at radius 1 is 1.10 bits per heavy atom. The fourth-order valence-electron chi connectivity index (χ4n) is 5.38. The topological polar surface area (TPSA) is 106 Å². The Labute approximate surface area is 238 Å². The van der Waals surface area contributed by atoms with E-state index in [2.05, 4.69) is 10.3 Å². The zero-order valence-electron chi connectivity index (χ0n) is 22.1. The molecule has 1 aliphatic carbocycles. The lowest BCUT2D eigenvalue weighted by Crippen LogP contribution is -2.54. The van der Waals surface area contributed by atoms with Crippen LogP contribution in [-0.2, 0) is 14.4 Å². The summed E-state index contributed by atoms with van der Waals surface area (Å²) >= 11 is 0. The van der Waals surface area contributed by atoms with Crippen LogP contribution < -0.4 is 15.1 Å². The zero-order valence-corrected chi connectivity index (χ0v) is 22.1. The first-order valence-corrected chi connectivity index (χ1v) is 13.2. The monoisotopic (exact) mass is 579 g/mol. The molecule has 216 valence electrons. The minimum atomic E-state index is -2.92. The van der Waals surface area contributed by atoms with E-state index in [0.29, 0.717) is 6.07 Å². The molecule has 0 radical (unpaired) electrons. The third-order valence-corrected chi connectivity index (χ3v) is 7.31.